The molecule has 0 atom stereocenters. The van der Waals surface area contributed by atoms with Gasteiger partial charge in [-0.05, 0) is 12.1 Å². The lowest BCUT2D eigenvalue weighted by Gasteiger charge is -2.20. The van der Waals surface area contributed by atoms with Gasteiger partial charge in [0.05, 0.1) is 7.11 Å². The number of rotatable bonds is 5. The predicted molar refractivity (Wildman–Crippen MR) is 74.8 cm³/mol. The Kier molecular flexibility index (Phi) is 4.52. The first-order valence-corrected chi connectivity index (χ1v) is 6.25. The van der Waals surface area contributed by atoms with E-state index in [1.54, 1.807) is 13.3 Å². The van der Waals surface area contributed by atoms with Crippen molar-refractivity contribution in [2.45, 2.75) is 6.42 Å². The highest BCUT2D eigenvalue weighted by Crippen LogP contribution is 2.30. The fourth-order valence-corrected chi connectivity index (χ4v) is 1.93. The summed E-state index contributed by atoms with van der Waals surface area (Å²) >= 11 is 5.98. The molecule has 100 valence electrons. The fourth-order valence-electron chi connectivity index (χ4n) is 1.73. The molecule has 0 saturated carbocycles. The normalized spacial score (nSPS) is 10.3. The Bertz CT molecular complexity index is 535. The molecule has 0 aliphatic carbocycles. The number of nitrogens with zero attached hydrogens (tertiary/aromatic N) is 4. The van der Waals surface area contributed by atoms with E-state index in [0.717, 1.165) is 18.7 Å². The van der Waals surface area contributed by atoms with Crippen molar-refractivity contribution >= 4 is 17.4 Å². The van der Waals surface area contributed by atoms with Crippen LogP contribution in [-0.4, -0.2) is 35.7 Å². The molecular formula is C13H15ClN4O. The summed E-state index contributed by atoms with van der Waals surface area (Å²) in [5.41, 5.74) is 1.04. The van der Waals surface area contributed by atoms with Gasteiger partial charge in [-0.25, -0.2) is 9.97 Å². The first-order chi connectivity index (χ1) is 9.22. The van der Waals surface area contributed by atoms with Crippen molar-refractivity contribution in [1.29, 1.82) is 0 Å². The molecule has 19 heavy (non-hydrogen) atoms. The van der Waals surface area contributed by atoms with Gasteiger partial charge in [0.2, 0.25) is 0 Å². The molecule has 0 N–H and O–H groups in total. The second-order valence-corrected chi connectivity index (χ2v) is 4.37. The van der Waals surface area contributed by atoms with E-state index in [1.807, 2.05) is 30.1 Å². The number of ether oxygens (including phenoxy) is 1. The summed E-state index contributed by atoms with van der Waals surface area (Å²) in [7, 11) is 3.49. The van der Waals surface area contributed by atoms with Crippen molar-refractivity contribution in [3.05, 3.63) is 41.6 Å². The molecule has 0 fully saturated rings. The van der Waals surface area contributed by atoms with Crippen molar-refractivity contribution < 1.29 is 4.74 Å². The zero-order valence-electron chi connectivity index (χ0n) is 10.9. The number of halogens is 1. The van der Waals surface area contributed by atoms with E-state index in [1.165, 1.54) is 6.33 Å². The maximum atomic E-state index is 5.98. The van der Waals surface area contributed by atoms with Crippen LogP contribution in [0.15, 0.2) is 30.7 Å². The summed E-state index contributed by atoms with van der Waals surface area (Å²) < 4.78 is 5.24. The third-order valence-electron chi connectivity index (χ3n) is 2.74. The van der Waals surface area contributed by atoms with Crippen LogP contribution < -0.4 is 9.64 Å². The Morgan fingerprint density at radius 3 is 2.79 bits per heavy atom. The molecule has 2 rings (SSSR count). The summed E-state index contributed by atoms with van der Waals surface area (Å²) in [6.07, 6.45) is 4.04. The molecule has 0 aliphatic rings. The number of methoxy groups -OCH3 is 1. The Morgan fingerprint density at radius 1 is 1.26 bits per heavy atom. The lowest BCUT2D eigenvalue weighted by molar-refractivity contribution is 0.411. The highest BCUT2D eigenvalue weighted by Gasteiger charge is 2.14. The standard InChI is InChI=1S/C13H15ClN4O/c1-18(8-6-10-5-3-4-7-15-10)13-11(19-2)12(14)16-9-17-13/h3-5,7,9H,6,8H2,1-2H3. The Morgan fingerprint density at radius 2 is 2.11 bits per heavy atom. The zero-order chi connectivity index (χ0) is 13.7. The predicted octanol–water partition coefficient (Wildman–Crippen LogP) is 2.21. The number of hydrogen-bond donors (Lipinski definition) is 0. The van der Waals surface area contributed by atoms with Crippen molar-refractivity contribution in [1.82, 2.24) is 15.0 Å². The molecule has 6 heteroatoms. The second kappa shape index (κ2) is 6.33. The van der Waals surface area contributed by atoms with Crippen LogP contribution in [0.3, 0.4) is 0 Å². The van der Waals surface area contributed by atoms with Gasteiger partial charge in [0.25, 0.3) is 0 Å². The minimum atomic E-state index is 0.317. The number of anilines is 1. The Hall–Kier alpha value is -1.88. The van der Waals surface area contributed by atoms with Crippen LogP contribution in [0.1, 0.15) is 5.69 Å². The smallest absolute Gasteiger partial charge is 0.199 e. The third-order valence-corrected chi connectivity index (χ3v) is 3.01. The van der Waals surface area contributed by atoms with Gasteiger partial charge < -0.3 is 9.64 Å². The van der Waals surface area contributed by atoms with Gasteiger partial charge in [-0.3, -0.25) is 4.98 Å². The lowest BCUT2D eigenvalue weighted by atomic mass is 10.2. The molecule has 2 aromatic rings. The van der Waals surface area contributed by atoms with E-state index in [2.05, 4.69) is 15.0 Å². The highest BCUT2D eigenvalue weighted by molar-refractivity contribution is 6.31. The van der Waals surface area contributed by atoms with E-state index in [0.29, 0.717) is 16.7 Å². The van der Waals surface area contributed by atoms with Gasteiger partial charge in [0.15, 0.2) is 16.7 Å². The van der Waals surface area contributed by atoms with E-state index >= 15 is 0 Å². The summed E-state index contributed by atoms with van der Waals surface area (Å²) in [6.45, 7) is 0.765. The van der Waals surface area contributed by atoms with Crippen molar-refractivity contribution in [2.24, 2.45) is 0 Å². The molecular weight excluding hydrogens is 264 g/mol. The minimum absolute atomic E-state index is 0.317. The van der Waals surface area contributed by atoms with Crippen LogP contribution in [0.25, 0.3) is 0 Å². The summed E-state index contributed by atoms with van der Waals surface area (Å²) in [5.74, 6) is 1.17. The molecule has 0 bridgehead atoms. The van der Waals surface area contributed by atoms with Gasteiger partial charge >= 0.3 is 0 Å². The summed E-state index contributed by atoms with van der Waals surface area (Å²) in [5, 5.41) is 0.317. The second-order valence-electron chi connectivity index (χ2n) is 4.01. The van der Waals surface area contributed by atoms with E-state index in [4.69, 9.17) is 16.3 Å². The molecule has 0 spiro atoms. The Labute approximate surface area is 117 Å². The number of pyridine rings is 1. The molecule has 0 saturated heterocycles. The van der Waals surface area contributed by atoms with Crippen LogP contribution in [0.4, 0.5) is 5.82 Å². The monoisotopic (exact) mass is 278 g/mol. The third kappa shape index (κ3) is 3.32. The molecule has 2 heterocycles. The van der Waals surface area contributed by atoms with Crippen LogP contribution in [-0.2, 0) is 6.42 Å². The van der Waals surface area contributed by atoms with Crippen molar-refractivity contribution in [3.63, 3.8) is 0 Å². The van der Waals surface area contributed by atoms with Gasteiger partial charge in [0.1, 0.15) is 6.33 Å². The molecule has 2 aromatic heterocycles. The van der Waals surface area contributed by atoms with Crippen LogP contribution in [0.2, 0.25) is 5.15 Å². The van der Waals surface area contributed by atoms with Gasteiger partial charge in [-0.2, -0.15) is 0 Å². The average Bonchev–Trinajstić information content (AvgIpc) is 2.45. The zero-order valence-corrected chi connectivity index (χ0v) is 11.6. The molecule has 0 radical (unpaired) electrons. The van der Waals surface area contributed by atoms with E-state index in [-0.39, 0.29) is 0 Å². The van der Waals surface area contributed by atoms with Gasteiger partial charge in [-0.15, -0.1) is 0 Å². The average molecular weight is 279 g/mol. The number of hydrogen-bond acceptors (Lipinski definition) is 5. The minimum Gasteiger partial charge on any atom is -0.490 e. The molecule has 0 aromatic carbocycles. The van der Waals surface area contributed by atoms with E-state index in [9.17, 15) is 0 Å². The summed E-state index contributed by atoms with van der Waals surface area (Å²) in [6, 6.07) is 5.88. The van der Waals surface area contributed by atoms with Crippen molar-refractivity contribution in [3.8, 4) is 5.75 Å². The molecule has 0 amide bonds. The highest BCUT2D eigenvalue weighted by atomic mass is 35.5. The quantitative estimate of drug-likeness (QED) is 0.785. The maximum absolute atomic E-state index is 5.98. The first kappa shape index (κ1) is 13.5. The maximum Gasteiger partial charge on any atom is 0.199 e. The van der Waals surface area contributed by atoms with Crippen LogP contribution in [0.5, 0.6) is 5.75 Å². The largest absolute Gasteiger partial charge is 0.490 e. The summed E-state index contributed by atoms with van der Waals surface area (Å²) in [4.78, 5) is 14.4. The van der Waals surface area contributed by atoms with Crippen LogP contribution >= 0.6 is 11.6 Å². The number of likely N-dealkylation sites (N-methyl/N-ethyl adjacent to an activating group) is 1. The van der Waals surface area contributed by atoms with E-state index < -0.39 is 0 Å². The number of aromatic nitrogens is 3. The molecule has 0 aliphatic heterocycles. The lowest BCUT2D eigenvalue weighted by Crippen LogP contribution is -2.22. The topological polar surface area (TPSA) is 51.1 Å². The van der Waals surface area contributed by atoms with Gasteiger partial charge in [0, 0.05) is 31.9 Å². The van der Waals surface area contributed by atoms with Gasteiger partial charge in [-0.1, -0.05) is 17.7 Å². The first-order valence-electron chi connectivity index (χ1n) is 5.88. The molecule has 0 unspecified atom stereocenters. The Balaban J connectivity index is 2.08. The SMILES string of the molecule is COc1c(Cl)ncnc1N(C)CCc1ccccn1. The van der Waals surface area contributed by atoms with Crippen molar-refractivity contribution in [2.75, 3.05) is 25.6 Å². The van der Waals surface area contributed by atoms with Crippen LogP contribution in [0, 0.1) is 0 Å². The fraction of sp³-hybridized carbons (Fsp3) is 0.308. The molecule has 5 nitrogen and oxygen atoms in total.